The second-order valence-electron chi connectivity index (χ2n) is 4.83. The van der Waals surface area contributed by atoms with Crippen LogP contribution >= 0.6 is 23.7 Å². The van der Waals surface area contributed by atoms with E-state index in [1.54, 1.807) is 0 Å². The Morgan fingerprint density at radius 3 is 1.76 bits per heavy atom. The van der Waals surface area contributed by atoms with E-state index in [0.29, 0.717) is 12.3 Å². The molecule has 96 valence electrons. The van der Waals surface area contributed by atoms with Crippen LogP contribution in [-0.2, 0) is 0 Å². The molecule has 0 radical (unpaired) electrons. The third-order valence-corrected chi connectivity index (χ3v) is 5.70. The van der Waals surface area contributed by atoms with E-state index in [2.05, 4.69) is 49.0 Å². The zero-order valence-electron chi connectivity index (χ0n) is 11.6. The molecule has 0 aliphatic carbocycles. The summed E-state index contributed by atoms with van der Waals surface area (Å²) in [5.74, 6) is 0. The Kier molecular flexibility index (Phi) is 6.78. The summed E-state index contributed by atoms with van der Waals surface area (Å²) in [6.07, 6.45) is 8.83. The Morgan fingerprint density at radius 1 is 1.00 bits per heavy atom. The van der Waals surface area contributed by atoms with Crippen LogP contribution in [0.1, 0.15) is 39.5 Å². The quantitative estimate of drug-likeness (QED) is 0.538. The lowest BCUT2D eigenvalue weighted by atomic mass is 9.77. The van der Waals surface area contributed by atoms with Gasteiger partial charge in [0.25, 0.3) is 0 Å². The van der Waals surface area contributed by atoms with Gasteiger partial charge in [-0.05, 0) is 39.0 Å². The number of hydrogen-bond acceptors (Lipinski definition) is 2. The van der Waals surface area contributed by atoms with Gasteiger partial charge >= 0.3 is 12.3 Å². The number of hydrogen-bond donors (Lipinski definition) is 0. The van der Waals surface area contributed by atoms with Crippen molar-refractivity contribution in [3.05, 3.63) is 0 Å². The minimum atomic E-state index is 0.584. The number of unbranched alkanes of at least 4 members (excludes halogenated alkanes) is 2. The molecule has 0 unspecified atom stereocenters. The van der Waals surface area contributed by atoms with Crippen LogP contribution in [0.3, 0.4) is 0 Å². The summed E-state index contributed by atoms with van der Waals surface area (Å²) in [6, 6.07) is 0. The Hall–Kier alpha value is 0.170. The molecule has 2 nitrogen and oxygen atoms in total. The van der Waals surface area contributed by atoms with Gasteiger partial charge < -0.3 is 9.62 Å². The van der Waals surface area contributed by atoms with E-state index in [0.717, 1.165) is 5.11 Å². The first-order valence-electron chi connectivity index (χ1n) is 6.76. The van der Waals surface area contributed by atoms with E-state index in [1.165, 1.54) is 38.3 Å². The van der Waals surface area contributed by atoms with Gasteiger partial charge in [0.15, 0.2) is 0 Å². The zero-order valence-corrected chi connectivity index (χ0v) is 13.2. The van der Waals surface area contributed by atoms with Gasteiger partial charge in [-0.1, -0.05) is 39.5 Å². The van der Waals surface area contributed by atoms with Crippen LogP contribution in [0.5, 0.6) is 0 Å². The van der Waals surface area contributed by atoms with Crippen LogP contribution in [0, 0.1) is 0 Å². The van der Waals surface area contributed by atoms with E-state index >= 15 is 0 Å². The molecule has 1 fully saturated rings. The first kappa shape index (κ1) is 15.2. The minimum Gasteiger partial charge on any atom is -0.387 e. The standard InChI is InChI=1S/C11H24B2N2S2/c1-5-7-9-12-14(3)11(16)15(4)13(17-12)10-8-6-2/h5-10H2,1-4H3. The Balaban J connectivity index is 2.58. The molecule has 0 aromatic carbocycles. The first-order chi connectivity index (χ1) is 8.11. The van der Waals surface area contributed by atoms with Gasteiger partial charge in [-0.3, -0.25) is 0 Å². The molecule has 1 heterocycles. The highest BCUT2D eigenvalue weighted by Crippen LogP contribution is 2.30. The van der Waals surface area contributed by atoms with Crippen molar-refractivity contribution < 1.29 is 0 Å². The summed E-state index contributed by atoms with van der Waals surface area (Å²) in [7, 11) is 4.28. The van der Waals surface area contributed by atoms with Gasteiger partial charge in [-0.25, -0.2) is 11.5 Å². The van der Waals surface area contributed by atoms with E-state index in [-0.39, 0.29) is 0 Å². The van der Waals surface area contributed by atoms with Crippen LogP contribution in [0.4, 0.5) is 0 Å². The molecule has 1 aliphatic rings. The highest BCUT2D eigenvalue weighted by Gasteiger charge is 2.38. The average Bonchev–Trinajstić information content (AvgIpc) is 2.34. The van der Waals surface area contributed by atoms with Gasteiger partial charge in [-0.15, -0.1) is 0 Å². The van der Waals surface area contributed by atoms with Gasteiger partial charge in [0, 0.05) is 0 Å². The molecule has 0 amide bonds. The van der Waals surface area contributed by atoms with Crippen molar-refractivity contribution in [1.29, 1.82) is 0 Å². The molecule has 1 aliphatic heterocycles. The van der Waals surface area contributed by atoms with Crippen molar-refractivity contribution in [3.63, 3.8) is 0 Å². The molecule has 0 atom stereocenters. The van der Waals surface area contributed by atoms with Gasteiger partial charge in [0.2, 0.25) is 0 Å². The van der Waals surface area contributed by atoms with E-state index in [1.807, 2.05) is 0 Å². The fourth-order valence-corrected chi connectivity index (χ4v) is 4.06. The molecule has 0 bridgehead atoms. The Labute approximate surface area is 117 Å². The van der Waals surface area contributed by atoms with Crippen LogP contribution in [0.15, 0.2) is 0 Å². The van der Waals surface area contributed by atoms with Crippen molar-refractivity contribution in [3.8, 4) is 0 Å². The second-order valence-corrected chi connectivity index (χ2v) is 6.56. The number of nitrogens with zero attached hydrogens (tertiary/aromatic N) is 2. The maximum Gasteiger partial charge on any atom is 0.315 e. The van der Waals surface area contributed by atoms with Crippen molar-refractivity contribution in [2.24, 2.45) is 0 Å². The first-order valence-corrected chi connectivity index (χ1v) is 8.12. The molecule has 0 saturated carbocycles. The summed E-state index contributed by atoms with van der Waals surface area (Å²) in [5.41, 5.74) is 0. The smallest absolute Gasteiger partial charge is 0.315 e. The molecule has 0 aromatic heterocycles. The van der Waals surface area contributed by atoms with Crippen LogP contribution < -0.4 is 0 Å². The maximum absolute atomic E-state index is 5.54. The summed E-state index contributed by atoms with van der Waals surface area (Å²) in [6.45, 7) is 4.51. The minimum absolute atomic E-state index is 0.584. The highest BCUT2D eigenvalue weighted by molar-refractivity contribution is 8.45. The van der Waals surface area contributed by atoms with Gasteiger partial charge in [0.05, 0.1) is 0 Å². The molecular formula is C11H24B2N2S2. The van der Waals surface area contributed by atoms with E-state index < -0.39 is 0 Å². The largest absolute Gasteiger partial charge is 0.387 e. The fraction of sp³-hybridized carbons (Fsp3) is 0.909. The topological polar surface area (TPSA) is 6.48 Å². The average molecular weight is 270 g/mol. The van der Waals surface area contributed by atoms with Crippen molar-refractivity contribution in [2.45, 2.75) is 52.2 Å². The fourth-order valence-electron chi connectivity index (χ4n) is 2.14. The third-order valence-electron chi connectivity index (χ3n) is 3.39. The Morgan fingerprint density at radius 2 is 1.41 bits per heavy atom. The molecule has 0 spiro atoms. The monoisotopic (exact) mass is 270 g/mol. The third kappa shape index (κ3) is 4.09. The molecule has 0 N–H and O–H groups in total. The molecule has 1 saturated heterocycles. The molecule has 1 rings (SSSR count). The zero-order chi connectivity index (χ0) is 12.8. The molecular weight excluding hydrogens is 246 g/mol. The van der Waals surface area contributed by atoms with Crippen molar-refractivity contribution in [2.75, 3.05) is 14.1 Å². The van der Waals surface area contributed by atoms with Crippen molar-refractivity contribution >= 4 is 41.0 Å². The summed E-state index contributed by atoms with van der Waals surface area (Å²) >= 11 is 7.64. The van der Waals surface area contributed by atoms with Crippen LogP contribution in [0.25, 0.3) is 0 Å². The van der Waals surface area contributed by atoms with Crippen LogP contribution in [-0.4, -0.2) is 41.1 Å². The summed E-state index contributed by atoms with van der Waals surface area (Å²) < 4.78 is 0. The number of rotatable bonds is 6. The van der Waals surface area contributed by atoms with Gasteiger partial charge in [0.1, 0.15) is 5.11 Å². The second kappa shape index (κ2) is 7.57. The Bertz CT molecular complexity index is 232. The van der Waals surface area contributed by atoms with Gasteiger partial charge in [-0.2, -0.15) is 0 Å². The lowest BCUT2D eigenvalue weighted by Crippen LogP contribution is -2.56. The predicted molar refractivity (Wildman–Crippen MR) is 86.7 cm³/mol. The highest BCUT2D eigenvalue weighted by atomic mass is 32.2. The molecule has 17 heavy (non-hydrogen) atoms. The molecule has 0 aromatic rings. The number of thiocarbonyl (C=S) groups is 1. The summed E-state index contributed by atoms with van der Waals surface area (Å²) in [5, 5.41) is 1.02. The van der Waals surface area contributed by atoms with Crippen molar-refractivity contribution in [1.82, 2.24) is 9.62 Å². The SMILES string of the molecule is CCCCB1SB(CCCC)N(C)C(=S)N1C. The summed E-state index contributed by atoms with van der Waals surface area (Å²) in [4.78, 5) is 4.55. The van der Waals surface area contributed by atoms with E-state index in [4.69, 9.17) is 12.2 Å². The normalized spacial score (nSPS) is 17.1. The van der Waals surface area contributed by atoms with E-state index in [9.17, 15) is 0 Å². The maximum atomic E-state index is 5.54. The van der Waals surface area contributed by atoms with Crippen LogP contribution in [0.2, 0.25) is 12.6 Å². The predicted octanol–water partition coefficient (Wildman–Crippen LogP) is 3.46. The lowest BCUT2D eigenvalue weighted by molar-refractivity contribution is 0.646. The molecule has 6 heteroatoms. The lowest BCUT2D eigenvalue weighted by Gasteiger charge is -2.42.